The Labute approximate surface area is 56.9 Å². The Morgan fingerprint density at radius 2 is 2.38 bits per heavy atom. The standard InChI is InChI=1S/C5H7NS2/c1-7-5-3-2-4(6)8-5/h2-3H,6H2,1H3. The highest BCUT2D eigenvalue weighted by Crippen LogP contribution is 2.26. The number of nitrogens with two attached hydrogens (primary N) is 1. The molecule has 1 aromatic heterocycles. The number of rotatable bonds is 1. The molecule has 1 heterocycles. The highest BCUT2D eigenvalue weighted by molar-refractivity contribution is 8.00. The van der Waals surface area contributed by atoms with Crippen LogP contribution in [0.4, 0.5) is 5.00 Å². The second-order valence-corrected chi connectivity index (χ2v) is 3.58. The van der Waals surface area contributed by atoms with Gasteiger partial charge in [0.1, 0.15) is 0 Å². The van der Waals surface area contributed by atoms with Crippen molar-refractivity contribution in [2.24, 2.45) is 0 Å². The van der Waals surface area contributed by atoms with Gasteiger partial charge in [-0.2, -0.15) is 0 Å². The Balaban J connectivity index is 2.84. The Morgan fingerprint density at radius 1 is 1.62 bits per heavy atom. The van der Waals surface area contributed by atoms with Crippen LogP contribution < -0.4 is 5.73 Å². The predicted octanol–water partition coefficient (Wildman–Crippen LogP) is 2.05. The monoisotopic (exact) mass is 145 g/mol. The summed E-state index contributed by atoms with van der Waals surface area (Å²) in [4.78, 5) is 0. The highest BCUT2D eigenvalue weighted by atomic mass is 32.2. The van der Waals surface area contributed by atoms with Gasteiger partial charge in [0, 0.05) is 0 Å². The molecular weight excluding hydrogens is 138 g/mol. The molecule has 0 saturated carbocycles. The predicted molar refractivity (Wildman–Crippen MR) is 40.5 cm³/mol. The van der Waals surface area contributed by atoms with Gasteiger partial charge in [0.15, 0.2) is 0 Å². The van der Waals surface area contributed by atoms with Gasteiger partial charge in [-0.1, -0.05) is 0 Å². The third-order valence-electron chi connectivity index (χ3n) is 0.803. The first-order chi connectivity index (χ1) is 3.83. The van der Waals surface area contributed by atoms with Crippen LogP contribution >= 0.6 is 23.1 Å². The number of hydrogen-bond donors (Lipinski definition) is 1. The van der Waals surface area contributed by atoms with Crippen LogP contribution in [0.3, 0.4) is 0 Å². The topological polar surface area (TPSA) is 26.0 Å². The molecule has 0 spiro atoms. The molecule has 0 saturated heterocycles. The summed E-state index contributed by atoms with van der Waals surface area (Å²) in [5.74, 6) is 0. The van der Waals surface area contributed by atoms with Gasteiger partial charge in [-0.05, 0) is 18.4 Å². The maximum atomic E-state index is 5.46. The Hall–Kier alpha value is -0.150. The van der Waals surface area contributed by atoms with E-state index in [9.17, 15) is 0 Å². The van der Waals surface area contributed by atoms with Gasteiger partial charge in [0.2, 0.25) is 0 Å². The van der Waals surface area contributed by atoms with Crippen LogP contribution in [-0.2, 0) is 0 Å². The van der Waals surface area contributed by atoms with Crippen molar-refractivity contribution in [3.8, 4) is 0 Å². The van der Waals surface area contributed by atoms with E-state index < -0.39 is 0 Å². The first-order valence-corrected chi connectivity index (χ1v) is 4.26. The Morgan fingerprint density at radius 3 is 2.62 bits per heavy atom. The summed E-state index contributed by atoms with van der Waals surface area (Å²) in [5, 5.41) is 0.898. The zero-order valence-electron chi connectivity index (χ0n) is 4.55. The smallest absolute Gasteiger partial charge is 0.0868 e. The van der Waals surface area contributed by atoms with E-state index in [1.807, 2.05) is 18.4 Å². The molecule has 2 N–H and O–H groups in total. The molecule has 0 bridgehead atoms. The normalized spacial score (nSPS) is 9.62. The van der Waals surface area contributed by atoms with Crippen molar-refractivity contribution < 1.29 is 0 Å². The van der Waals surface area contributed by atoms with E-state index in [0.717, 1.165) is 5.00 Å². The fourth-order valence-corrected chi connectivity index (χ4v) is 1.77. The summed E-state index contributed by atoms with van der Waals surface area (Å²) in [5.41, 5.74) is 5.46. The molecule has 0 aromatic carbocycles. The molecule has 0 aliphatic rings. The van der Waals surface area contributed by atoms with Gasteiger partial charge in [0.25, 0.3) is 0 Å². The molecule has 8 heavy (non-hydrogen) atoms. The van der Waals surface area contributed by atoms with E-state index in [-0.39, 0.29) is 0 Å². The van der Waals surface area contributed by atoms with E-state index in [0.29, 0.717) is 0 Å². The summed E-state index contributed by atoms with van der Waals surface area (Å²) < 4.78 is 1.28. The molecule has 0 amide bonds. The first-order valence-electron chi connectivity index (χ1n) is 2.22. The summed E-state index contributed by atoms with van der Waals surface area (Å²) in [6, 6.07) is 3.96. The lowest BCUT2D eigenvalue weighted by molar-refractivity contribution is 1.74. The van der Waals surface area contributed by atoms with Crippen LogP contribution in [0.2, 0.25) is 0 Å². The van der Waals surface area contributed by atoms with Crippen LogP contribution in [0.5, 0.6) is 0 Å². The SMILES string of the molecule is CSc1ccc(N)s1. The van der Waals surface area contributed by atoms with Crippen molar-refractivity contribution in [3.05, 3.63) is 12.1 Å². The average Bonchev–Trinajstić information content (AvgIpc) is 2.14. The van der Waals surface area contributed by atoms with Crippen molar-refractivity contribution in [3.63, 3.8) is 0 Å². The molecule has 1 aromatic rings. The minimum atomic E-state index is 0.898. The van der Waals surface area contributed by atoms with Crippen LogP contribution in [0, 0.1) is 0 Å². The second kappa shape index (κ2) is 2.42. The fraction of sp³-hybridized carbons (Fsp3) is 0.200. The van der Waals surface area contributed by atoms with Crippen molar-refractivity contribution in [1.82, 2.24) is 0 Å². The molecule has 0 fully saturated rings. The third kappa shape index (κ3) is 1.17. The lowest BCUT2D eigenvalue weighted by Crippen LogP contribution is -1.72. The largest absolute Gasteiger partial charge is 0.391 e. The summed E-state index contributed by atoms with van der Waals surface area (Å²) in [6.45, 7) is 0. The molecule has 0 atom stereocenters. The van der Waals surface area contributed by atoms with Gasteiger partial charge in [-0.15, -0.1) is 23.1 Å². The lowest BCUT2D eigenvalue weighted by atomic mass is 10.6. The van der Waals surface area contributed by atoms with E-state index in [4.69, 9.17) is 5.73 Å². The third-order valence-corrected chi connectivity index (χ3v) is 2.80. The summed E-state index contributed by atoms with van der Waals surface area (Å²) in [6.07, 6.45) is 2.05. The van der Waals surface area contributed by atoms with Gasteiger partial charge < -0.3 is 5.73 Å². The van der Waals surface area contributed by atoms with E-state index >= 15 is 0 Å². The van der Waals surface area contributed by atoms with Crippen LogP contribution in [-0.4, -0.2) is 6.26 Å². The molecular formula is C5H7NS2. The summed E-state index contributed by atoms with van der Waals surface area (Å²) in [7, 11) is 0. The van der Waals surface area contributed by atoms with Gasteiger partial charge in [-0.25, -0.2) is 0 Å². The first kappa shape index (κ1) is 5.98. The Bertz CT molecular complexity index is 171. The Kier molecular flexibility index (Phi) is 1.81. The number of anilines is 1. The van der Waals surface area contributed by atoms with Crippen molar-refractivity contribution >= 4 is 28.1 Å². The van der Waals surface area contributed by atoms with Crippen LogP contribution in [0.15, 0.2) is 16.3 Å². The van der Waals surface area contributed by atoms with Crippen molar-refractivity contribution in [1.29, 1.82) is 0 Å². The minimum Gasteiger partial charge on any atom is -0.391 e. The highest BCUT2D eigenvalue weighted by Gasteiger charge is 1.90. The van der Waals surface area contributed by atoms with Gasteiger partial charge in [0.05, 0.1) is 9.21 Å². The minimum absolute atomic E-state index is 0.898. The number of hydrogen-bond acceptors (Lipinski definition) is 3. The molecule has 0 aliphatic carbocycles. The number of thioether (sulfide) groups is 1. The van der Waals surface area contributed by atoms with Crippen LogP contribution in [0.1, 0.15) is 0 Å². The van der Waals surface area contributed by atoms with Crippen molar-refractivity contribution in [2.45, 2.75) is 4.21 Å². The molecule has 3 heteroatoms. The average molecular weight is 145 g/mol. The molecule has 0 radical (unpaired) electrons. The van der Waals surface area contributed by atoms with E-state index in [1.165, 1.54) is 4.21 Å². The second-order valence-electron chi connectivity index (χ2n) is 1.36. The molecule has 1 rings (SSSR count). The number of nitrogen functional groups attached to an aromatic ring is 1. The van der Waals surface area contributed by atoms with Gasteiger partial charge >= 0.3 is 0 Å². The maximum absolute atomic E-state index is 5.46. The van der Waals surface area contributed by atoms with E-state index in [1.54, 1.807) is 23.1 Å². The van der Waals surface area contributed by atoms with Crippen LogP contribution in [0.25, 0.3) is 0 Å². The number of thiophene rings is 1. The molecule has 1 nitrogen and oxygen atoms in total. The quantitative estimate of drug-likeness (QED) is 0.612. The molecule has 0 aliphatic heterocycles. The zero-order chi connectivity index (χ0) is 5.98. The summed E-state index contributed by atoms with van der Waals surface area (Å²) >= 11 is 3.36. The lowest BCUT2D eigenvalue weighted by Gasteiger charge is -1.80. The molecule has 0 unspecified atom stereocenters. The molecule has 44 valence electrons. The van der Waals surface area contributed by atoms with Gasteiger partial charge in [-0.3, -0.25) is 0 Å². The fourth-order valence-electron chi connectivity index (χ4n) is 0.444. The van der Waals surface area contributed by atoms with E-state index in [2.05, 4.69) is 0 Å². The maximum Gasteiger partial charge on any atom is 0.0868 e. The zero-order valence-corrected chi connectivity index (χ0v) is 6.18. The van der Waals surface area contributed by atoms with Crippen molar-refractivity contribution in [2.75, 3.05) is 12.0 Å².